The van der Waals surface area contributed by atoms with Crippen molar-refractivity contribution >= 4 is 17.6 Å². The minimum atomic E-state index is -0.395. The lowest BCUT2D eigenvalue weighted by atomic mass is 9.97. The molecule has 0 spiro atoms. The molecule has 7 heteroatoms. The van der Waals surface area contributed by atoms with Crippen molar-refractivity contribution in [3.63, 3.8) is 0 Å². The third-order valence-electron chi connectivity index (χ3n) is 4.39. The third-order valence-corrected chi connectivity index (χ3v) is 4.39. The molecule has 26 heavy (non-hydrogen) atoms. The zero-order chi connectivity index (χ0) is 18.8. The summed E-state index contributed by atoms with van der Waals surface area (Å²) in [4.78, 5) is 26.1. The SMILES string of the molecule is CCOCCCC(=O)N1CCCC(CNC(=O)Nc2cccc(F)c2)C1. The van der Waals surface area contributed by atoms with Gasteiger partial charge in [-0.05, 0) is 50.3 Å². The first-order chi connectivity index (χ1) is 12.6. The van der Waals surface area contributed by atoms with Crippen LogP contribution in [0, 0.1) is 11.7 Å². The summed E-state index contributed by atoms with van der Waals surface area (Å²) in [6.07, 6.45) is 3.15. The number of amides is 3. The van der Waals surface area contributed by atoms with Crippen LogP contribution in [-0.4, -0.2) is 49.7 Å². The Balaban J connectivity index is 1.70. The molecule has 1 unspecified atom stereocenters. The lowest BCUT2D eigenvalue weighted by molar-refractivity contribution is -0.133. The number of piperidine rings is 1. The van der Waals surface area contributed by atoms with Gasteiger partial charge < -0.3 is 20.3 Å². The van der Waals surface area contributed by atoms with Crippen molar-refractivity contribution in [3.8, 4) is 0 Å². The number of nitrogens with one attached hydrogen (secondary N) is 2. The molecule has 1 heterocycles. The van der Waals surface area contributed by atoms with Gasteiger partial charge in [0.1, 0.15) is 5.82 Å². The van der Waals surface area contributed by atoms with E-state index in [1.165, 1.54) is 12.1 Å². The summed E-state index contributed by atoms with van der Waals surface area (Å²) in [5.74, 6) is -0.00922. The first-order valence-corrected chi connectivity index (χ1v) is 9.24. The summed E-state index contributed by atoms with van der Waals surface area (Å²) in [5.41, 5.74) is 0.414. The van der Waals surface area contributed by atoms with Crippen LogP contribution in [0.3, 0.4) is 0 Å². The molecule has 2 N–H and O–H groups in total. The van der Waals surface area contributed by atoms with Crippen molar-refractivity contribution in [2.24, 2.45) is 5.92 Å². The van der Waals surface area contributed by atoms with Crippen LogP contribution in [-0.2, 0) is 9.53 Å². The van der Waals surface area contributed by atoms with Gasteiger partial charge in [-0.2, -0.15) is 0 Å². The monoisotopic (exact) mass is 365 g/mol. The average molecular weight is 365 g/mol. The highest BCUT2D eigenvalue weighted by Gasteiger charge is 2.23. The Morgan fingerprint density at radius 3 is 3.00 bits per heavy atom. The van der Waals surface area contributed by atoms with Crippen molar-refractivity contribution in [3.05, 3.63) is 30.1 Å². The largest absolute Gasteiger partial charge is 0.382 e. The molecule has 144 valence electrons. The molecule has 0 aliphatic carbocycles. The number of carbonyl (C=O) groups excluding carboxylic acids is 2. The minimum absolute atomic E-state index is 0.151. The Hall–Kier alpha value is -2.15. The number of hydrogen-bond donors (Lipinski definition) is 2. The second-order valence-electron chi connectivity index (χ2n) is 6.49. The van der Waals surface area contributed by atoms with E-state index < -0.39 is 5.82 Å². The Morgan fingerprint density at radius 2 is 2.23 bits per heavy atom. The van der Waals surface area contributed by atoms with E-state index in [-0.39, 0.29) is 17.9 Å². The van der Waals surface area contributed by atoms with Crippen molar-refractivity contribution in [2.75, 3.05) is 38.2 Å². The van der Waals surface area contributed by atoms with E-state index in [2.05, 4.69) is 10.6 Å². The zero-order valence-electron chi connectivity index (χ0n) is 15.3. The fourth-order valence-corrected chi connectivity index (χ4v) is 3.06. The molecule has 6 nitrogen and oxygen atoms in total. The van der Waals surface area contributed by atoms with Gasteiger partial charge in [-0.25, -0.2) is 9.18 Å². The second kappa shape index (κ2) is 10.8. The van der Waals surface area contributed by atoms with Crippen LogP contribution >= 0.6 is 0 Å². The van der Waals surface area contributed by atoms with E-state index >= 15 is 0 Å². The maximum atomic E-state index is 13.1. The maximum Gasteiger partial charge on any atom is 0.319 e. The third kappa shape index (κ3) is 7.00. The van der Waals surface area contributed by atoms with Gasteiger partial charge in [0.15, 0.2) is 0 Å². The number of nitrogens with zero attached hydrogens (tertiary/aromatic N) is 1. The van der Waals surface area contributed by atoms with E-state index in [0.717, 1.165) is 25.8 Å². The van der Waals surface area contributed by atoms with E-state index in [0.29, 0.717) is 38.4 Å². The van der Waals surface area contributed by atoms with E-state index in [4.69, 9.17) is 4.74 Å². The molecular weight excluding hydrogens is 337 g/mol. The average Bonchev–Trinajstić information content (AvgIpc) is 2.64. The first-order valence-electron chi connectivity index (χ1n) is 9.24. The van der Waals surface area contributed by atoms with Gasteiger partial charge in [0, 0.05) is 45.0 Å². The molecule has 1 aromatic rings. The number of carbonyl (C=O) groups is 2. The number of rotatable bonds is 8. The number of halogens is 1. The van der Waals surface area contributed by atoms with Gasteiger partial charge in [0.05, 0.1) is 0 Å². The molecule has 1 fully saturated rings. The molecular formula is C19H28FN3O3. The Morgan fingerprint density at radius 1 is 1.38 bits per heavy atom. The van der Waals surface area contributed by atoms with Gasteiger partial charge in [-0.3, -0.25) is 4.79 Å². The zero-order valence-corrected chi connectivity index (χ0v) is 15.3. The summed E-state index contributed by atoms with van der Waals surface area (Å²) < 4.78 is 18.4. The summed E-state index contributed by atoms with van der Waals surface area (Å²) in [6.45, 7) is 5.15. The van der Waals surface area contributed by atoms with Gasteiger partial charge >= 0.3 is 6.03 Å². The molecule has 1 aromatic carbocycles. The number of benzene rings is 1. The molecule has 0 radical (unpaired) electrons. The van der Waals surface area contributed by atoms with Crippen molar-refractivity contribution in [1.82, 2.24) is 10.2 Å². The van der Waals surface area contributed by atoms with Crippen molar-refractivity contribution < 1.29 is 18.7 Å². The van der Waals surface area contributed by atoms with Crippen LogP contribution < -0.4 is 10.6 Å². The quantitative estimate of drug-likeness (QED) is 0.696. The predicted octanol–water partition coefficient (Wildman–Crippen LogP) is 3.00. The summed E-state index contributed by atoms with van der Waals surface area (Å²) in [7, 11) is 0. The Labute approximate surface area is 154 Å². The highest BCUT2D eigenvalue weighted by Crippen LogP contribution is 2.17. The second-order valence-corrected chi connectivity index (χ2v) is 6.49. The highest BCUT2D eigenvalue weighted by molar-refractivity contribution is 5.89. The molecule has 0 saturated carbocycles. The van der Waals surface area contributed by atoms with Crippen LogP contribution in [0.15, 0.2) is 24.3 Å². The summed E-state index contributed by atoms with van der Waals surface area (Å²) in [5, 5.41) is 5.42. The Kier molecular flexibility index (Phi) is 8.34. The molecule has 0 aromatic heterocycles. The van der Waals surface area contributed by atoms with Crippen molar-refractivity contribution in [1.29, 1.82) is 0 Å². The van der Waals surface area contributed by atoms with E-state index in [1.54, 1.807) is 12.1 Å². The summed E-state index contributed by atoms with van der Waals surface area (Å²) >= 11 is 0. The molecule has 0 bridgehead atoms. The number of hydrogen-bond acceptors (Lipinski definition) is 3. The molecule has 1 saturated heterocycles. The fraction of sp³-hybridized carbons (Fsp3) is 0.579. The standard InChI is InChI=1S/C19H28FN3O3/c1-2-26-11-5-9-18(24)23-10-4-6-15(14-23)13-21-19(25)22-17-8-3-7-16(20)12-17/h3,7-8,12,15H,2,4-6,9-11,13-14H2,1H3,(H2,21,22,25). The minimum Gasteiger partial charge on any atom is -0.382 e. The normalized spacial score (nSPS) is 17.0. The molecule has 1 aliphatic rings. The first kappa shape index (κ1) is 20.2. The van der Waals surface area contributed by atoms with Crippen LogP contribution in [0.5, 0.6) is 0 Å². The van der Waals surface area contributed by atoms with Gasteiger partial charge in [-0.15, -0.1) is 0 Å². The van der Waals surface area contributed by atoms with Crippen LogP contribution in [0.25, 0.3) is 0 Å². The molecule has 1 aliphatic heterocycles. The number of anilines is 1. The van der Waals surface area contributed by atoms with Crippen LogP contribution in [0.2, 0.25) is 0 Å². The van der Waals surface area contributed by atoms with E-state index in [1.807, 2.05) is 11.8 Å². The smallest absolute Gasteiger partial charge is 0.319 e. The van der Waals surface area contributed by atoms with Gasteiger partial charge in [0.2, 0.25) is 5.91 Å². The van der Waals surface area contributed by atoms with Crippen LogP contribution in [0.4, 0.5) is 14.9 Å². The number of ether oxygens (including phenoxy) is 1. The maximum absolute atomic E-state index is 13.1. The number of urea groups is 1. The lowest BCUT2D eigenvalue weighted by Gasteiger charge is -2.33. The predicted molar refractivity (Wildman–Crippen MR) is 98.5 cm³/mol. The molecule has 1 atom stereocenters. The van der Waals surface area contributed by atoms with Gasteiger partial charge in [-0.1, -0.05) is 6.07 Å². The van der Waals surface area contributed by atoms with E-state index in [9.17, 15) is 14.0 Å². The fourth-order valence-electron chi connectivity index (χ4n) is 3.06. The summed E-state index contributed by atoms with van der Waals surface area (Å²) in [6, 6.07) is 5.40. The van der Waals surface area contributed by atoms with Crippen molar-refractivity contribution in [2.45, 2.75) is 32.6 Å². The Bertz CT molecular complexity index is 597. The van der Waals surface area contributed by atoms with Gasteiger partial charge in [0.25, 0.3) is 0 Å². The topological polar surface area (TPSA) is 70.7 Å². The number of likely N-dealkylation sites (tertiary alicyclic amines) is 1. The molecule has 3 amide bonds. The highest BCUT2D eigenvalue weighted by atomic mass is 19.1. The van der Waals surface area contributed by atoms with Crippen LogP contribution in [0.1, 0.15) is 32.6 Å². The molecule has 2 rings (SSSR count). The lowest BCUT2D eigenvalue weighted by Crippen LogP contribution is -2.44.